The van der Waals surface area contributed by atoms with Crippen LogP contribution in [-0.2, 0) is 4.74 Å². The highest BCUT2D eigenvalue weighted by molar-refractivity contribution is 4.86. The van der Waals surface area contributed by atoms with Crippen LogP contribution in [0.25, 0.3) is 0 Å². The van der Waals surface area contributed by atoms with Gasteiger partial charge in [0.2, 0.25) is 0 Å². The second kappa shape index (κ2) is 6.71. The van der Waals surface area contributed by atoms with E-state index in [0.717, 1.165) is 6.92 Å². The Labute approximate surface area is 104 Å². The predicted octanol–water partition coefficient (Wildman–Crippen LogP) is 4.36. The van der Waals surface area contributed by atoms with Crippen molar-refractivity contribution in [2.75, 3.05) is 13.2 Å². The van der Waals surface area contributed by atoms with Crippen LogP contribution in [0.15, 0.2) is 0 Å². The summed E-state index contributed by atoms with van der Waals surface area (Å²) in [5.41, 5.74) is -2.79. The van der Waals surface area contributed by atoms with E-state index >= 15 is 0 Å². The first-order chi connectivity index (χ1) is 8.42. The van der Waals surface area contributed by atoms with Gasteiger partial charge in [0.05, 0.1) is 26.1 Å². The van der Waals surface area contributed by atoms with Crippen LogP contribution in [-0.4, -0.2) is 37.4 Å². The number of hydrogen-bond acceptors (Lipinski definition) is 1. The highest BCUT2D eigenvalue weighted by Crippen LogP contribution is 2.36. The summed E-state index contributed by atoms with van der Waals surface area (Å²) in [5.74, 6) is -4.54. The zero-order chi connectivity index (χ0) is 15.3. The molecule has 0 saturated heterocycles. The van der Waals surface area contributed by atoms with E-state index < -0.39 is 56.7 Å². The van der Waals surface area contributed by atoms with Gasteiger partial charge in [-0.15, -0.1) is 0 Å². The largest absolute Gasteiger partial charge is 0.391 e. The van der Waals surface area contributed by atoms with Crippen LogP contribution in [0.4, 0.5) is 35.1 Å². The zero-order valence-corrected chi connectivity index (χ0v) is 10.0. The minimum atomic E-state index is -4.54. The number of ether oxygens (including phenoxy) is 1. The normalized spacial score (nSPS) is 16.7. The molecule has 0 amide bonds. The molecule has 0 spiro atoms. The Bertz CT molecular complexity index is 265. The van der Waals surface area contributed by atoms with Gasteiger partial charge in [-0.1, -0.05) is 6.92 Å². The summed E-state index contributed by atoms with van der Waals surface area (Å²) in [6.07, 6.45) is -12.3. The molecular weight excluding hydrogens is 288 g/mol. The van der Waals surface area contributed by atoms with Crippen molar-refractivity contribution in [3.8, 4) is 0 Å². The van der Waals surface area contributed by atoms with E-state index in [1.54, 1.807) is 0 Å². The maximum atomic E-state index is 13.8. The molecule has 19 heavy (non-hydrogen) atoms. The molecule has 0 aromatic heterocycles. The molecule has 0 aliphatic rings. The molecule has 0 rings (SSSR count). The molecule has 0 aliphatic carbocycles. The van der Waals surface area contributed by atoms with Gasteiger partial charge >= 0.3 is 18.5 Å². The minimum Gasteiger partial charge on any atom is -0.378 e. The van der Waals surface area contributed by atoms with Crippen LogP contribution in [0.1, 0.15) is 26.2 Å². The fourth-order valence-corrected chi connectivity index (χ4v) is 1.22. The Morgan fingerprint density at radius 3 is 1.89 bits per heavy atom. The van der Waals surface area contributed by atoms with Gasteiger partial charge in [-0.25, -0.2) is 22.0 Å². The molecule has 1 atom stereocenters. The van der Waals surface area contributed by atoms with Crippen LogP contribution in [0.5, 0.6) is 0 Å². The quantitative estimate of drug-likeness (QED) is 0.478. The van der Waals surface area contributed by atoms with E-state index in [-0.39, 0.29) is 0 Å². The lowest BCUT2D eigenvalue weighted by atomic mass is 9.95. The number of hydrogen-bond donors (Lipinski definition) is 0. The second-order valence-corrected chi connectivity index (χ2v) is 4.16. The van der Waals surface area contributed by atoms with Crippen LogP contribution < -0.4 is 0 Å². The SMILES string of the molecule is CCC(F)(COCCC(F)(F)F)CC(F)(F)C(F)F. The molecule has 0 bridgehead atoms. The Kier molecular flexibility index (Phi) is 6.50. The smallest absolute Gasteiger partial charge is 0.378 e. The maximum Gasteiger partial charge on any atom is 0.391 e. The summed E-state index contributed by atoms with van der Waals surface area (Å²) in [5, 5.41) is 0. The molecule has 1 nitrogen and oxygen atoms in total. The van der Waals surface area contributed by atoms with Gasteiger partial charge in [0.25, 0.3) is 0 Å². The maximum absolute atomic E-state index is 13.8. The fourth-order valence-electron chi connectivity index (χ4n) is 1.22. The first kappa shape index (κ1) is 18.4. The average Bonchev–Trinajstić information content (AvgIpc) is 2.22. The summed E-state index contributed by atoms with van der Waals surface area (Å²) in [6, 6.07) is 0. The van der Waals surface area contributed by atoms with Crippen molar-refractivity contribution in [2.45, 2.75) is 50.4 Å². The summed E-state index contributed by atoms with van der Waals surface area (Å²) >= 11 is 0. The molecule has 1 unspecified atom stereocenters. The van der Waals surface area contributed by atoms with Crippen molar-refractivity contribution >= 4 is 0 Å². The van der Waals surface area contributed by atoms with Gasteiger partial charge in [0.1, 0.15) is 5.67 Å². The van der Waals surface area contributed by atoms with Gasteiger partial charge in [0.15, 0.2) is 0 Å². The van der Waals surface area contributed by atoms with Crippen LogP contribution in [0, 0.1) is 0 Å². The topological polar surface area (TPSA) is 9.23 Å². The second-order valence-electron chi connectivity index (χ2n) is 4.16. The molecule has 0 N–H and O–H groups in total. The van der Waals surface area contributed by atoms with Crippen LogP contribution in [0.2, 0.25) is 0 Å². The van der Waals surface area contributed by atoms with Gasteiger partial charge in [-0.2, -0.15) is 13.2 Å². The van der Waals surface area contributed by atoms with Crippen molar-refractivity contribution < 1.29 is 39.9 Å². The first-order valence-electron chi connectivity index (χ1n) is 5.41. The van der Waals surface area contributed by atoms with Crippen LogP contribution in [0.3, 0.4) is 0 Å². The molecule has 9 heteroatoms. The third-order valence-electron chi connectivity index (χ3n) is 2.40. The van der Waals surface area contributed by atoms with E-state index in [1.807, 2.05) is 0 Å². The van der Waals surface area contributed by atoms with Crippen molar-refractivity contribution in [2.24, 2.45) is 0 Å². The van der Waals surface area contributed by atoms with Gasteiger partial charge in [-0.3, -0.25) is 0 Å². The zero-order valence-electron chi connectivity index (χ0n) is 10.0. The molecular formula is C10H14F8O. The van der Waals surface area contributed by atoms with E-state index in [2.05, 4.69) is 4.74 Å². The monoisotopic (exact) mass is 302 g/mol. The number of alkyl halides is 8. The first-order valence-corrected chi connectivity index (χ1v) is 5.41. The van der Waals surface area contributed by atoms with Gasteiger partial charge in [-0.05, 0) is 6.42 Å². The third kappa shape index (κ3) is 7.54. The number of halogens is 8. The Morgan fingerprint density at radius 1 is 1.00 bits per heavy atom. The van der Waals surface area contributed by atoms with Crippen molar-refractivity contribution in [1.82, 2.24) is 0 Å². The van der Waals surface area contributed by atoms with Crippen molar-refractivity contribution in [1.29, 1.82) is 0 Å². The number of rotatable bonds is 8. The van der Waals surface area contributed by atoms with Gasteiger partial charge < -0.3 is 4.74 Å². The standard InChI is InChI=1S/C10H14F8O/c1-2-8(13,5-9(14,15)7(11)12)6-19-4-3-10(16,17)18/h7H,2-6H2,1H3. The summed E-state index contributed by atoms with van der Waals surface area (Å²) in [7, 11) is 0. The highest BCUT2D eigenvalue weighted by Gasteiger charge is 2.48. The predicted molar refractivity (Wildman–Crippen MR) is 51.2 cm³/mol. The lowest BCUT2D eigenvalue weighted by Gasteiger charge is -2.28. The van der Waals surface area contributed by atoms with Crippen molar-refractivity contribution in [3.63, 3.8) is 0 Å². The Hall–Kier alpha value is -0.600. The van der Waals surface area contributed by atoms with E-state index in [4.69, 9.17) is 0 Å². The molecule has 0 aliphatic heterocycles. The molecule has 0 heterocycles. The van der Waals surface area contributed by atoms with Crippen molar-refractivity contribution in [3.05, 3.63) is 0 Å². The Morgan fingerprint density at radius 2 is 1.53 bits per heavy atom. The summed E-state index contributed by atoms with van der Waals surface area (Å²) in [6.45, 7) is -0.869. The molecule has 0 aromatic rings. The molecule has 0 aromatic carbocycles. The Balaban J connectivity index is 4.31. The minimum absolute atomic E-state index is 0.568. The average molecular weight is 302 g/mol. The van der Waals surface area contributed by atoms with E-state index in [1.165, 1.54) is 0 Å². The lowest BCUT2D eigenvalue weighted by molar-refractivity contribution is -0.170. The lowest BCUT2D eigenvalue weighted by Crippen LogP contribution is -2.40. The summed E-state index contributed by atoms with van der Waals surface area (Å²) in [4.78, 5) is 0. The molecule has 116 valence electrons. The third-order valence-corrected chi connectivity index (χ3v) is 2.40. The van der Waals surface area contributed by atoms with E-state index in [9.17, 15) is 35.1 Å². The van der Waals surface area contributed by atoms with Crippen LogP contribution >= 0.6 is 0 Å². The fraction of sp³-hybridized carbons (Fsp3) is 1.00. The highest BCUT2D eigenvalue weighted by atomic mass is 19.4. The molecule has 0 saturated carbocycles. The molecule has 0 radical (unpaired) electrons. The summed E-state index contributed by atoms with van der Waals surface area (Å²) < 4.78 is 103. The van der Waals surface area contributed by atoms with E-state index in [0.29, 0.717) is 0 Å². The molecule has 0 fully saturated rings. The van der Waals surface area contributed by atoms with Gasteiger partial charge in [0, 0.05) is 0 Å².